The predicted octanol–water partition coefficient (Wildman–Crippen LogP) is 1.23. The molecule has 1 unspecified atom stereocenters. The van der Waals surface area contributed by atoms with Gasteiger partial charge >= 0.3 is 0 Å². The molecule has 0 bridgehead atoms. The van der Waals surface area contributed by atoms with Crippen molar-refractivity contribution in [1.82, 2.24) is 14.9 Å². The van der Waals surface area contributed by atoms with E-state index in [4.69, 9.17) is 4.74 Å². The molecule has 26 heavy (non-hydrogen) atoms. The molecular formula is C16H28ClN3O4S2. The number of sulfonamides is 1. The van der Waals surface area contributed by atoms with E-state index in [1.807, 2.05) is 13.0 Å². The smallest absolute Gasteiger partial charge is 0.252 e. The summed E-state index contributed by atoms with van der Waals surface area (Å²) in [5.41, 5.74) is 0. The van der Waals surface area contributed by atoms with Crippen LogP contribution in [0.25, 0.3) is 0 Å². The molecule has 1 aliphatic rings. The van der Waals surface area contributed by atoms with E-state index >= 15 is 0 Å². The summed E-state index contributed by atoms with van der Waals surface area (Å²) in [6.07, 6.45) is 1.42. The topological polar surface area (TPSA) is 87.7 Å². The average Bonchev–Trinajstić information content (AvgIpc) is 3.05. The lowest BCUT2D eigenvalue weighted by Gasteiger charge is -2.30. The first kappa shape index (κ1) is 23.3. The second-order valence-corrected chi connectivity index (χ2v) is 9.55. The Kier molecular flexibility index (Phi) is 10.1. The summed E-state index contributed by atoms with van der Waals surface area (Å²) in [7, 11) is -1.85. The molecule has 2 rings (SSSR count). The molecule has 1 atom stereocenters. The number of nitrogens with one attached hydrogen (secondary N) is 2. The summed E-state index contributed by atoms with van der Waals surface area (Å²) in [5, 5.41) is 6.04. The quantitative estimate of drug-likeness (QED) is 0.581. The van der Waals surface area contributed by atoms with E-state index in [9.17, 15) is 13.2 Å². The summed E-state index contributed by atoms with van der Waals surface area (Å²) in [4.78, 5) is 13.3. The van der Waals surface area contributed by atoms with Crippen LogP contribution < -0.4 is 10.6 Å². The lowest BCUT2D eigenvalue weighted by atomic mass is 9.99. The highest BCUT2D eigenvalue weighted by Crippen LogP contribution is 2.28. The van der Waals surface area contributed by atoms with Crippen molar-refractivity contribution in [1.29, 1.82) is 0 Å². The van der Waals surface area contributed by atoms with Crippen molar-refractivity contribution in [3.63, 3.8) is 0 Å². The summed E-state index contributed by atoms with van der Waals surface area (Å²) < 4.78 is 32.2. The molecule has 1 amide bonds. The second-order valence-electron chi connectivity index (χ2n) is 6.10. The molecule has 0 saturated carbocycles. The number of piperidine rings is 1. The van der Waals surface area contributed by atoms with E-state index in [0.717, 1.165) is 17.8 Å². The molecule has 0 radical (unpaired) electrons. The molecule has 1 saturated heterocycles. The Morgan fingerprint density at radius 3 is 2.77 bits per heavy atom. The molecule has 0 spiro atoms. The first-order chi connectivity index (χ1) is 11.9. The highest BCUT2D eigenvalue weighted by atomic mass is 35.5. The highest BCUT2D eigenvalue weighted by molar-refractivity contribution is 7.91. The highest BCUT2D eigenvalue weighted by Gasteiger charge is 2.33. The van der Waals surface area contributed by atoms with Gasteiger partial charge in [0, 0.05) is 44.7 Å². The molecule has 2 N–H and O–H groups in total. The molecule has 1 aromatic heterocycles. The largest absolute Gasteiger partial charge is 0.383 e. The maximum atomic E-state index is 12.7. The van der Waals surface area contributed by atoms with Crippen molar-refractivity contribution in [3.8, 4) is 0 Å². The zero-order valence-electron chi connectivity index (χ0n) is 15.2. The Balaban J connectivity index is 0.00000338. The Bertz CT molecular complexity index is 666. The van der Waals surface area contributed by atoms with E-state index in [1.165, 1.54) is 15.6 Å². The van der Waals surface area contributed by atoms with Crippen molar-refractivity contribution in [2.75, 3.05) is 46.4 Å². The van der Waals surface area contributed by atoms with Crippen LogP contribution >= 0.6 is 23.7 Å². The van der Waals surface area contributed by atoms with Gasteiger partial charge in [0.25, 0.3) is 10.0 Å². The number of halogens is 1. The fourth-order valence-electron chi connectivity index (χ4n) is 2.77. The number of aryl methyl sites for hydroxylation is 1. The predicted molar refractivity (Wildman–Crippen MR) is 106 cm³/mol. The number of carbonyl (C=O) groups excluding carboxylic acids is 1. The van der Waals surface area contributed by atoms with Gasteiger partial charge in [-0.3, -0.25) is 4.79 Å². The zero-order chi connectivity index (χ0) is 18.3. The lowest BCUT2D eigenvalue weighted by Crippen LogP contribution is -2.46. The van der Waals surface area contributed by atoms with Crippen molar-refractivity contribution in [2.45, 2.75) is 24.0 Å². The van der Waals surface area contributed by atoms with E-state index < -0.39 is 10.0 Å². The van der Waals surface area contributed by atoms with Crippen molar-refractivity contribution < 1.29 is 17.9 Å². The van der Waals surface area contributed by atoms with Crippen LogP contribution in [0.1, 0.15) is 17.7 Å². The van der Waals surface area contributed by atoms with Gasteiger partial charge in [0.15, 0.2) is 0 Å². The van der Waals surface area contributed by atoms with Crippen molar-refractivity contribution in [3.05, 3.63) is 17.0 Å². The van der Waals surface area contributed by atoms with E-state index in [2.05, 4.69) is 10.6 Å². The first-order valence-corrected chi connectivity index (χ1v) is 10.7. The minimum atomic E-state index is -3.50. The number of carbonyl (C=O) groups is 1. The van der Waals surface area contributed by atoms with E-state index in [1.54, 1.807) is 13.2 Å². The molecule has 0 aliphatic carbocycles. The van der Waals surface area contributed by atoms with Crippen LogP contribution in [0.2, 0.25) is 0 Å². The Morgan fingerprint density at radius 1 is 1.35 bits per heavy atom. The molecular weight excluding hydrogens is 398 g/mol. The van der Waals surface area contributed by atoms with Crippen LogP contribution in [0.4, 0.5) is 0 Å². The zero-order valence-corrected chi connectivity index (χ0v) is 17.6. The number of hydrogen-bond acceptors (Lipinski definition) is 6. The molecule has 150 valence electrons. The fraction of sp³-hybridized carbons (Fsp3) is 0.688. The Hall–Kier alpha value is -0.710. The van der Waals surface area contributed by atoms with Crippen molar-refractivity contribution in [2.24, 2.45) is 5.92 Å². The van der Waals surface area contributed by atoms with Gasteiger partial charge in [-0.15, -0.1) is 23.7 Å². The van der Waals surface area contributed by atoms with Gasteiger partial charge < -0.3 is 15.4 Å². The Morgan fingerprint density at radius 2 is 2.12 bits per heavy atom. The van der Waals surface area contributed by atoms with Gasteiger partial charge in [0.1, 0.15) is 4.21 Å². The molecule has 1 aliphatic heterocycles. The monoisotopic (exact) mass is 425 g/mol. The molecule has 1 aromatic rings. The molecule has 1 fully saturated rings. The maximum Gasteiger partial charge on any atom is 0.252 e. The van der Waals surface area contributed by atoms with E-state index in [0.29, 0.717) is 36.9 Å². The number of amides is 1. The van der Waals surface area contributed by atoms with Crippen LogP contribution in [-0.4, -0.2) is 65.1 Å². The van der Waals surface area contributed by atoms with Crippen LogP contribution in [0.3, 0.4) is 0 Å². The number of rotatable bonds is 9. The second kappa shape index (κ2) is 11.2. The lowest BCUT2D eigenvalue weighted by molar-refractivity contribution is -0.126. The first-order valence-electron chi connectivity index (χ1n) is 8.49. The summed E-state index contributed by atoms with van der Waals surface area (Å²) in [6.45, 7) is 5.17. The molecule has 7 nitrogen and oxygen atoms in total. The number of methoxy groups -OCH3 is 1. The molecule has 0 aromatic carbocycles. The van der Waals surface area contributed by atoms with Crippen LogP contribution in [0, 0.1) is 12.8 Å². The fourth-order valence-corrected chi connectivity index (χ4v) is 5.73. The SMILES string of the molecule is COCCNCCNC(=O)C1CCCN(S(=O)(=O)c2ccc(C)s2)C1.Cl. The van der Waals surface area contributed by atoms with Crippen LogP contribution in [0.15, 0.2) is 16.3 Å². The van der Waals surface area contributed by atoms with Gasteiger partial charge in [0.05, 0.1) is 12.5 Å². The van der Waals surface area contributed by atoms with Gasteiger partial charge in [-0.1, -0.05) is 0 Å². The Labute approximate surface area is 165 Å². The van der Waals surface area contributed by atoms with Crippen LogP contribution in [-0.2, 0) is 19.6 Å². The van der Waals surface area contributed by atoms with Gasteiger partial charge in [-0.05, 0) is 31.9 Å². The molecule has 10 heteroatoms. The average molecular weight is 426 g/mol. The number of hydrogen-bond donors (Lipinski definition) is 2. The van der Waals surface area contributed by atoms with Crippen LogP contribution in [0.5, 0.6) is 0 Å². The van der Waals surface area contributed by atoms with Gasteiger partial charge in [-0.2, -0.15) is 4.31 Å². The normalized spacial score (nSPS) is 18.3. The number of thiophene rings is 1. The third-order valence-electron chi connectivity index (χ3n) is 4.15. The number of ether oxygens (including phenoxy) is 1. The minimum absolute atomic E-state index is 0. The maximum absolute atomic E-state index is 12.7. The summed E-state index contributed by atoms with van der Waals surface area (Å²) in [6, 6.07) is 3.45. The number of nitrogens with zero attached hydrogens (tertiary/aromatic N) is 1. The van der Waals surface area contributed by atoms with Gasteiger partial charge in [-0.25, -0.2) is 8.42 Å². The van der Waals surface area contributed by atoms with Gasteiger partial charge in [0.2, 0.25) is 5.91 Å². The summed E-state index contributed by atoms with van der Waals surface area (Å²) >= 11 is 1.27. The minimum Gasteiger partial charge on any atom is -0.383 e. The van der Waals surface area contributed by atoms with Crippen molar-refractivity contribution >= 4 is 39.7 Å². The summed E-state index contributed by atoms with van der Waals surface area (Å²) in [5.74, 6) is -0.362. The third-order valence-corrected chi connectivity index (χ3v) is 7.48. The standard InChI is InChI=1S/C16H27N3O4S2.ClH/c1-13-5-6-15(24-13)25(21,22)19-10-3-4-14(12-19)16(20)18-8-7-17-9-11-23-2;/h5-6,14,17H,3-4,7-12H2,1-2H3,(H,18,20);1H. The third kappa shape index (κ3) is 6.47. The van der Waals surface area contributed by atoms with E-state index in [-0.39, 0.29) is 30.8 Å². The molecule has 2 heterocycles.